The van der Waals surface area contributed by atoms with E-state index in [0.717, 1.165) is 22.2 Å². The van der Waals surface area contributed by atoms with Gasteiger partial charge in [-0.2, -0.15) is 0 Å². The fraction of sp³-hybridized carbons (Fsp3) is 0.471. The monoisotopic (exact) mass is 364 g/mol. The lowest BCUT2D eigenvalue weighted by Crippen LogP contribution is -2.16. The Bertz CT molecular complexity index is 755. The molecular weight excluding hydrogens is 344 g/mol. The number of aryl methyl sites for hydroxylation is 1. The summed E-state index contributed by atoms with van der Waals surface area (Å²) in [6.07, 6.45) is 2.37. The molecule has 1 aliphatic rings. The van der Waals surface area contributed by atoms with Crippen LogP contribution in [0.1, 0.15) is 50.0 Å². The van der Waals surface area contributed by atoms with Gasteiger partial charge in [0.05, 0.1) is 5.75 Å². The third-order valence-electron chi connectivity index (χ3n) is 3.96. The van der Waals surface area contributed by atoms with Crippen molar-refractivity contribution in [1.29, 1.82) is 0 Å². The molecule has 5 nitrogen and oxygen atoms in total. The highest BCUT2D eigenvalue weighted by Gasteiger charge is 2.31. The van der Waals surface area contributed by atoms with Crippen LogP contribution >= 0.6 is 23.4 Å². The average molecular weight is 365 g/mol. The van der Waals surface area contributed by atoms with Crippen LogP contribution in [0.5, 0.6) is 0 Å². The number of hydrogen-bond donors (Lipinski definition) is 1. The number of amides is 1. The topological polar surface area (TPSA) is 59.8 Å². The molecule has 1 heterocycles. The molecule has 0 spiro atoms. The Morgan fingerprint density at radius 1 is 1.42 bits per heavy atom. The van der Waals surface area contributed by atoms with E-state index in [2.05, 4.69) is 33.9 Å². The van der Waals surface area contributed by atoms with Crippen LogP contribution in [0.3, 0.4) is 0 Å². The van der Waals surface area contributed by atoms with Gasteiger partial charge in [0.1, 0.15) is 5.82 Å². The summed E-state index contributed by atoms with van der Waals surface area (Å²) in [5.41, 5.74) is 1.73. The second-order valence-corrected chi connectivity index (χ2v) is 7.75. The lowest BCUT2D eigenvalue weighted by Gasteiger charge is -2.13. The van der Waals surface area contributed by atoms with E-state index < -0.39 is 0 Å². The van der Waals surface area contributed by atoms with Crippen molar-refractivity contribution in [2.24, 2.45) is 0 Å². The van der Waals surface area contributed by atoms with E-state index >= 15 is 0 Å². The van der Waals surface area contributed by atoms with Gasteiger partial charge in [-0.15, -0.1) is 10.2 Å². The van der Waals surface area contributed by atoms with Crippen LogP contribution in [0.15, 0.2) is 23.4 Å². The summed E-state index contributed by atoms with van der Waals surface area (Å²) in [7, 11) is 0. The molecule has 1 N–H and O–H groups in total. The van der Waals surface area contributed by atoms with Crippen LogP contribution in [-0.2, 0) is 4.79 Å². The Hall–Kier alpha value is -1.53. The van der Waals surface area contributed by atoms with Crippen molar-refractivity contribution < 1.29 is 4.79 Å². The van der Waals surface area contributed by atoms with Gasteiger partial charge >= 0.3 is 0 Å². The van der Waals surface area contributed by atoms with Crippen LogP contribution in [0.25, 0.3) is 0 Å². The quantitative estimate of drug-likeness (QED) is 0.770. The highest BCUT2D eigenvalue weighted by atomic mass is 35.5. The molecule has 1 amide bonds. The maximum Gasteiger partial charge on any atom is 0.234 e. The number of aromatic nitrogens is 3. The van der Waals surface area contributed by atoms with Crippen LogP contribution in [0, 0.1) is 6.92 Å². The predicted octanol–water partition coefficient (Wildman–Crippen LogP) is 4.43. The molecule has 0 aliphatic heterocycles. The average Bonchev–Trinajstić information content (AvgIpc) is 3.28. The molecule has 3 rings (SSSR count). The number of rotatable bonds is 6. The van der Waals surface area contributed by atoms with Crippen molar-refractivity contribution >= 4 is 35.0 Å². The summed E-state index contributed by atoms with van der Waals surface area (Å²) in [5, 5.41) is 12.9. The van der Waals surface area contributed by atoms with E-state index in [4.69, 9.17) is 11.6 Å². The van der Waals surface area contributed by atoms with Crippen molar-refractivity contribution in [3.05, 3.63) is 34.6 Å². The number of halogens is 1. The number of hydrogen-bond acceptors (Lipinski definition) is 4. The first-order valence-corrected chi connectivity index (χ1v) is 9.45. The smallest absolute Gasteiger partial charge is 0.234 e. The first-order valence-electron chi connectivity index (χ1n) is 8.09. The van der Waals surface area contributed by atoms with Gasteiger partial charge in [0, 0.05) is 22.7 Å². The highest BCUT2D eigenvalue weighted by Crippen LogP contribution is 2.41. The molecule has 1 fully saturated rings. The molecule has 7 heteroatoms. The molecule has 0 unspecified atom stereocenters. The number of thioether (sulfide) groups is 1. The first kappa shape index (κ1) is 17.3. The molecule has 24 heavy (non-hydrogen) atoms. The van der Waals surface area contributed by atoms with Crippen LogP contribution in [0.2, 0.25) is 5.02 Å². The Labute approximate surface area is 151 Å². The molecule has 1 aromatic carbocycles. The summed E-state index contributed by atoms with van der Waals surface area (Å²) < 4.78 is 2.15. The zero-order chi connectivity index (χ0) is 17.3. The minimum absolute atomic E-state index is 0.0726. The van der Waals surface area contributed by atoms with Gasteiger partial charge in [0.25, 0.3) is 0 Å². The van der Waals surface area contributed by atoms with Crippen molar-refractivity contribution in [2.45, 2.75) is 50.7 Å². The third kappa shape index (κ3) is 3.92. The second-order valence-electron chi connectivity index (χ2n) is 6.37. The van der Waals surface area contributed by atoms with E-state index in [1.807, 2.05) is 19.1 Å². The molecule has 1 aliphatic carbocycles. The van der Waals surface area contributed by atoms with E-state index in [9.17, 15) is 4.79 Å². The van der Waals surface area contributed by atoms with Crippen molar-refractivity contribution in [3.63, 3.8) is 0 Å². The number of carbonyl (C=O) groups excluding carboxylic acids is 1. The minimum Gasteiger partial charge on any atom is -0.325 e. The van der Waals surface area contributed by atoms with Gasteiger partial charge in [-0.25, -0.2) is 0 Å². The van der Waals surface area contributed by atoms with Crippen LogP contribution in [0.4, 0.5) is 5.69 Å². The Morgan fingerprint density at radius 2 is 2.17 bits per heavy atom. The molecule has 128 valence electrons. The zero-order valence-electron chi connectivity index (χ0n) is 14.0. The van der Waals surface area contributed by atoms with E-state index in [1.54, 1.807) is 6.07 Å². The third-order valence-corrected chi connectivity index (χ3v) is 5.13. The minimum atomic E-state index is -0.0726. The SMILES string of the molecule is Cc1ccc(Cl)cc1NC(=O)CSc1nnc(C2CC2)n1C(C)C. The second kappa shape index (κ2) is 7.15. The standard InChI is InChI=1S/C17H21ClN4OS/c1-10(2)22-16(12-5-6-12)20-21-17(22)24-9-15(23)19-14-8-13(18)7-4-11(14)3/h4,7-8,10,12H,5-6,9H2,1-3H3,(H,19,23). The zero-order valence-corrected chi connectivity index (χ0v) is 15.6. The molecule has 0 saturated heterocycles. The van der Waals surface area contributed by atoms with E-state index in [1.165, 1.54) is 24.6 Å². The van der Waals surface area contributed by atoms with E-state index in [-0.39, 0.29) is 11.9 Å². The summed E-state index contributed by atoms with van der Waals surface area (Å²) in [4.78, 5) is 12.3. The maximum atomic E-state index is 12.3. The number of anilines is 1. The van der Waals surface area contributed by atoms with E-state index in [0.29, 0.717) is 16.7 Å². The van der Waals surface area contributed by atoms with Crippen molar-refractivity contribution in [2.75, 3.05) is 11.1 Å². The Morgan fingerprint density at radius 3 is 2.83 bits per heavy atom. The summed E-state index contributed by atoms with van der Waals surface area (Å²) in [5.74, 6) is 1.81. The number of benzene rings is 1. The Balaban J connectivity index is 1.65. The van der Waals surface area contributed by atoms with Gasteiger partial charge in [-0.1, -0.05) is 29.4 Å². The fourth-order valence-electron chi connectivity index (χ4n) is 2.54. The van der Waals surface area contributed by atoms with Crippen LogP contribution in [-0.4, -0.2) is 26.4 Å². The molecule has 1 aromatic heterocycles. The number of carbonyl (C=O) groups is 1. The largest absolute Gasteiger partial charge is 0.325 e. The molecule has 1 saturated carbocycles. The molecule has 2 aromatic rings. The summed E-state index contributed by atoms with van der Waals surface area (Å²) >= 11 is 7.41. The highest BCUT2D eigenvalue weighted by molar-refractivity contribution is 7.99. The lowest BCUT2D eigenvalue weighted by molar-refractivity contribution is -0.113. The Kier molecular flexibility index (Phi) is 5.15. The van der Waals surface area contributed by atoms with Gasteiger partial charge in [-0.3, -0.25) is 4.79 Å². The first-order chi connectivity index (χ1) is 11.5. The maximum absolute atomic E-state index is 12.3. The van der Waals surface area contributed by atoms with Gasteiger partial charge < -0.3 is 9.88 Å². The molecule has 0 atom stereocenters. The van der Waals surface area contributed by atoms with Crippen molar-refractivity contribution in [3.8, 4) is 0 Å². The van der Waals surface area contributed by atoms with Gasteiger partial charge in [0.15, 0.2) is 5.16 Å². The number of nitrogens with one attached hydrogen (secondary N) is 1. The molecule has 0 radical (unpaired) electrons. The van der Waals surface area contributed by atoms with Crippen LogP contribution < -0.4 is 5.32 Å². The predicted molar refractivity (Wildman–Crippen MR) is 97.9 cm³/mol. The normalized spacial score (nSPS) is 14.2. The molecule has 0 bridgehead atoms. The summed E-state index contributed by atoms with van der Waals surface area (Å²) in [6, 6.07) is 5.76. The fourth-order valence-corrected chi connectivity index (χ4v) is 3.58. The molecular formula is C17H21ClN4OS. The summed E-state index contributed by atoms with van der Waals surface area (Å²) in [6.45, 7) is 6.18. The lowest BCUT2D eigenvalue weighted by atomic mass is 10.2. The van der Waals surface area contributed by atoms with Crippen molar-refractivity contribution in [1.82, 2.24) is 14.8 Å². The van der Waals surface area contributed by atoms with Gasteiger partial charge in [0.2, 0.25) is 5.91 Å². The van der Waals surface area contributed by atoms with Gasteiger partial charge in [-0.05, 0) is 51.3 Å². The number of nitrogens with zero attached hydrogens (tertiary/aromatic N) is 3.